The van der Waals surface area contributed by atoms with Crippen LogP contribution in [0.3, 0.4) is 0 Å². The van der Waals surface area contributed by atoms with E-state index in [1.54, 1.807) is 0 Å². The van der Waals surface area contributed by atoms with Crippen molar-refractivity contribution in [1.29, 1.82) is 0 Å². The number of nitrogens with zero attached hydrogens (tertiary/aromatic N) is 1. The van der Waals surface area contributed by atoms with E-state index in [2.05, 4.69) is 217 Å². The number of rotatable bonds is 6. The van der Waals surface area contributed by atoms with E-state index in [1.807, 2.05) is 0 Å². The Morgan fingerprint density at radius 2 is 0.964 bits per heavy atom. The molecule has 1 aromatic heterocycles. The average Bonchev–Trinajstić information content (AvgIpc) is 3.79. The van der Waals surface area contributed by atoms with Crippen molar-refractivity contribution < 1.29 is 4.42 Å². The van der Waals surface area contributed by atoms with E-state index in [1.165, 1.54) is 49.7 Å². The molecule has 0 fully saturated rings. The molecule has 0 atom stereocenters. The summed E-state index contributed by atoms with van der Waals surface area (Å²) in [5.74, 6) is 0. The molecule has 0 spiro atoms. The van der Waals surface area contributed by atoms with E-state index in [-0.39, 0.29) is 0 Å². The number of hydrogen-bond acceptors (Lipinski definition) is 2. The molecular formula is C53H35NO. The van der Waals surface area contributed by atoms with Gasteiger partial charge in [0.2, 0.25) is 0 Å². The monoisotopic (exact) mass is 701 g/mol. The van der Waals surface area contributed by atoms with Crippen LogP contribution in [0.25, 0.3) is 55.0 Å². The summed E-state index contributed by atoms with van der Waals surface area (Å²) in [4.78, 5) is 2.40. The van der Waals surface area contributed by atoms with Crippen molar-refractivity contribution >= 4 is 49.8 Å². The number of anilines is 3. The molecule has 1 aliphatic rings. The molecule has 2 nitrogen and oxygen atoms in total. The van der Waals surface area contributed by atoms with Crippen molar-refractivity contribution in [3.63, 3.8) is 0 Å². The van der Waals surface area contributed by atoms with E-state index in [4.69, 9.17) is 4.42 Å². The third kappa shape index (κ3) is 4.82. The maximum absolute atomic E-state index is 6.81. The van der Waals surface area contributed by atoms with E-state index in [0.29, 0.717) is 0 Å². The molecule has 9 aromatic carbocycles. The van der Waals surface area contributed by atoms with Gasteiger partial charge < -0.3 is 9.32 Å². The number of fused-ring (bicyclic) bond motifs is 8. The Kier molecular flexibility index (Phi) is 7.11. The molecule has 1 heterocycles. The molecule has 11 rings (SSSR count). The van der Waals surface area contributed by atoms with Gasteiger partial charge in [-0.05, 0) is 92.2 Å². The summed E-state index contributed by atoms with van der Waals surface area (Å²) in [5.41, 5.74) is 14.2. The lowest BCUT2D eigenvalue weighted by Gasteiger charge is -2.35. The Bertz CT molecular complexity index is 2980. The van der Waals surface area contributed by atoms with Gasteiger partial charge in [0.1, 0.15) is 11.2 Å². The molecule has 10 aromatic rings. The summed E-state index contributed by atoms with van der Waals surface area (Å²) in [7, 11) is 0. The van der Waals surface area contributed by atoms with Crippen molar-refractivity contribution in [3.8, 4) is 22.3 Å². The summed E-state index contributed by atoms with van der Waals surface area (Å²) < 4.78 is 6.81. The van der Waals surface area contributed by atoms with Gasteiger partial charge in [-0.15, -0.1) is 0 Å². The van der Waals surface area contributed by atoms with Crippen LogP contribution < -0.4 is 4.90 Å². The van der Waals surface area contributed by atoms with Crippen LogP contribution in [0.2, 0.25) is 0 Å². The fraction of sp³-hybridized carbons (Fsp3) is 0.0189. The van der Waals surface area contributed by atoms with Crippen LogP contribution in [0.4, 0.5) is 17.1 Å². The Morgan fingerprint density at radius 3 is 1.71 bits per heavy atom. The first-order valence-corrected chi connectivity index (χ1v) is 18.9. The van der Waals surface area contributed by atoms with Crippen LogP contribution in [0.1, 0.15) is 22.3 Å². The van der Waals surface area contributed by atoms with Gasteiger partial charge in [-0.25, -0.2) is 0 Å². The number of furan rings is 1. The van der Waals surface area contributed by atoms with Crippen molar-refractivity contribution in [3.05, 3.63) is 235 Å². The molecule has 0 bridgehead atoms. The summed E-state index contributed by atoms with van der Waals surface area (Å²) in [6, 6.07) is 77.0. The van der Waals surface area contributed by atoms with Gasteiger partial charge in [0.15, 0.2) is 0 Å². The zero-order valence-corrected chi connectivity index (χ0v) is 30.1. The maximum Gasteiger partial charge on any atom is 0.143 e. The zero-order valence-electron chi connectivity index (χ0n) is 30.1. The predicted molar refractivity (Wildman–Crippen MR) is 229 cm³/mol. The third-order valence-electron chi connectivity index (χ3n) is 11.5. The lowest BCUT2D eigenvalue weighted by molar-refractivity contribution is 0.669. The molecule has 55 heavy (non-hydrogen) atoms. The summed E-state index contributed by atoms with van der Waals surface area (Å²) in [6.45, 7) is 0. The highest BCUT2D eigenvalue weighted by Crippen LogP contribution is 2.59. The first-order valence-electron chi connectivity index (χ1n) is 18.9. The number of benzene rings is 9. The number of para-hydroxylation sites is 1. The first-order chi connectivity index (χ1) is 27.3. The summed E-state index contributed by atoms with van der Waals surface area (Å²) in [6.07, 6.45) is 0. The molecule has 0 amide bonds. The Morgan fingerprint density at radius 1 is 0.382 bits per heavy atom. The van der Waals surface area contributed by atoms with Crippen molar-refractivity contribution in [2.24, 2.45) is 0 Å². The SMILES string of the molecule is c1ccc(-c2ccc(N(c3ccc4c(c3)C(c3ccccc3)(c3ccccc3)c3ccc5c(oc6ccccc65)c3-4)c3ccc4ccccc4c3)cc2)cc1. The summed E-state index contributed by atoms with van der Waals surface area (Å²) >= 11 is 0. The highest BCUT2D eigenvalue weighted by Gasteiger charge is 2.47. The van der Waals surface area contributed by atoms with Gasteiger partial charge in [0.05, 0.1) is 5.41 Å². The smallest absolute Gasteiger partial charge is 0.143 e. The second-order valence-electron chi connectivity index (χ2n) is 14.5. The molecule has 0 radical (unpaired) electrons. The Hall–Kier alpha value is -7.16. The first kappa shape index (κ1) is 31.4. The van der Waals surface area contributed by atoms with Crippen LogP contribution in [-0.4, -0.2) is 0 Å². The van der Waals surface area contributed by atoms with Crippen LogP contribution in [0.15, 0.2) is 217 Å². The van der Waals surface area contributed by atoms with Gasteiger partial charge in [0, 0.05) is 33.4 Å². The third-order valence-corrected chi connectivity index (χ3v) is 11.5. The predicted octanol–water partition coefficient (Wildman–Crippen LogP) is 14.2. The van der Waals surface area contributed by atoms with Gasteiger partial charge >= 0.3 is 0 Å². The Balaban J connectivity index is 1.20. The largest absolute Gasteiger partial charge is 0.455 e. The Labute approximate surface area is 320 Å². The lowest BCUT2D eigenvalue weighted by Crippen LogP contribution is -2.28. The van der Waals surface area contributed by atoms with Gasteiger partial charge in [-0.3, -0.25) is 0 Å². The van der Waals surface area contributed by atoms with Crippen molar-refractivity contribution in [1.82, 2.24) is 0 Å². The molecule has 0 N–H and O–H groups in total. The molecule has 2 heteroatoms. The second kappa shape index (κ2) is 12.5. The zero-order chi connectivity index (χ0) is 36.3. The lowest BCUT2D eigenvalue weighted by atomic mass is 9.67. The van der Waals surface area contributed by atoms with Gasteiger partial charge in [-0.2, -0.15) is 0 Å². The van der Waals surface area contributed by atoms with E-state index >= 15 is 0 Å². The minimum Gasteiger partial charge on any atom is -0.455 e. The van der Waals surface area contributed by atoms with Crippen LogP contribution in [0.5, 0.6) is 0 Å². The molecule has 0 unspecified atom stereocenters. The van der Waals surface area contributed by atoms with E-state index < -0.39 is 5.41 Å². The maximum atomic E-state index is 6.81. The van der Waals surface area contributed by atoms with E-state index in [0.717, 1.165) is 44.6 Å². The van der Waals surface area contributed by atoms with E-state index in [9.17, 15) is 0 Å². The minimum absolute atomic E-state index is 0.595. The highest BCUT2D eigenvalue weighted by atomic mass is 16.3. The minimum atomic E-state index is -0.595. The van der Waals surface area contributed by atoms with Crippen molar-refractivity contribution in [2.45, 2.75) is 5.41 Å². The van der Waals surface area contributed by atoms with Gasteiger partial charge in [-0.1, -0.05) is 170 Å². The molecular weight excluding hydrogens is 667 g/mol. The average molecular weight is 702 g/mol. The normalized spacial score (nSPS) is 12.9. The van der Waals surface area contributed by atoms with Crippen LogP contribution >= 0.6 is 0 Å². The van der Waals surface area contributed by atoms with Gasteiger partial charge in [0.25, 0.3) is 0 Å². The molecule has 0 aliphatic heterocycles. The topological polar surface area (TPSA) is 16.4 Å². The fourth-order valence-corrected chi connectivity index (χ4v) is 9.07. The molecule has 0 saturated heterocycles. The second-order valence-corrected chi connectivity index (χ2v) is 14.5. The van der Waals surface area contributed by atoms with Crippen LogP contribution in [-0.2, 0) is 5.41 Å². The fourth-order valence-electron chi connectivity index (χ4n) is 9.07. The molecule has 0 saturated carbocycles. The standard InChI is InChI=1S/C53H35NO/c1-4-14-36(15-5-1)38-24-27-42(28-25-38)54(43-29-26-37-16-10-11-17-39(37)34-43)44-30-31-47-49(35-44)53(40-18-6-2-7-19-40,41-20-8-3-9-21-41)48-33-32-46-45-22-12-13-23-50(45)55-52(46)51(47)48/h1-35H. The van der Waals surface area contributed by atoms with Crippen LogP contribution in [0, 0.1) is 0 Å². The quantitative estimate of drug-likeness (QED) is 0.172. The molecule has 258 valence electrons. The summed E-state index contributed by atoms with van der Waals surface area (Å²) in [5, 5.41) is 4.70. The van der Waals surface area contributed by atoms with Crippen molar-refractivity contribution in [2.75, 3.05) is 4.90 Å². The molecule has 1 aliphatic carbocycles. The number of hydrogen-bond donors (Lipinski definition) is 0. The highest BCUT2D eigenvalue weighted by molar-refractivity contribution is 6.12.